The molecule has 6 heteroatoms. The smallest absolute Gasteiger partial charge is 0.337 e. The van der Waals surface area contributed by atoms with Gasteiger partial charge in [-0.1, -0.05) is 0 Å². The van der Waals surface area contributed by atoms with E-state index in [1.54, 1.807) is 19.1 Å². The van der Waals surface area contributed by atoms with Gasteiger partial charge in [-0.25, -0.2) is 4.79 Å². The van der Waals surface area contributed by atoms with Gasteiger partial charge in [-0.3, -0.25) is 9.59 Å². The molecule has 1 aromatic carbocycles. The third kappa shape index (κ3) is 3.58. The average Bonchev–Trinajstić information content (AvgIpc) is 2.34. The van der Waals surface area contributed by atoms with Crippen LogP contribution in [0.4, 0.5) is 0 Å². The monoisotopic (exact) mass is 251 g/mol. The number of carbonyl (C=O) groups excluding carboxylic acids is 2. The summed E-state index contributed by atoms with van der Waals surface area (Å²) < 4.78 is 4.56. The van der Waals surface area contributed by atoms with Crippen LogP contribution in [0.15, 0.2) is 18.2 Å². The minimum atomic E-state index is -1.14. The van der Waals surface area contributed by atoms with Gasteiger partial charge in [0.1, 0.15) is 6.54 Å². The predicted molar refractivity (Wildman–Crippen MR) is 62.5 cm³/mol. The molecular formula is C12H13NO5. The zero-order valence-electron chi connectivity index (χ0n) is 10.0. The first-order valence-electron chi connectivity index (χ1n) is 5.14. The Balaban J connectivity index is 2.95. The lowest BCUT2D eigenvalue weighted by Gasteiger charge is -2.06. The quantitative estimate of drug-likeness (QED) is 0.764. The number of amides is 1. The van der Waals surface area contributed by atoms with E-state index in [1.165, 1.54) is 13.2 Å². The van der Waals surface area contributed by atoms with Crippen molar-refractivity contribution in [3.63, 3.8) is 0 Å². The first-order valence-corrected chi connectivity index (χ1v) is 5.14. The van der Waals surface area contributed by atoms with Crippen LogP contribution in [0.2, 0.25) is 0 Å². The Hall–Kier alpha value is -2.37. The number of esters is 1. The molecule has 96 valence electrons. The summed E-state index contributed by atoms with van der Waals surface area (Å²) >= 11 is 0. The predicted octanol–water partition coefficient (Wildman–Crippen LogP) is 0.596. The number of rotatable bonds is 4. The number of ether oxygens (including phenoxy) is 1. The van der Waals surface area contributed by atoms with Crippen LogP contribution in [0, 0.1) is 6.92 Å². The fourth-order valence-corrected chi connectivity index (χ4v) is 1.41. The minimum Gasteiger partial charge on any atom is -0.480 e. The molecule has 0 aromatic heterocycles. The van der Waals surface area contributed by atoms with Gasteiger partial charge in [0, 0.05) is 5.56 Å². The van der Waals surface area contributed by atoms with Gasteiger partial charge in [-0.05, 0) is 30.7 Å². The molecule has 0 saturated heterocycles. The van der Waals surface area contributed by atoms with Crippen LogP contribution in [0.1, 0.15) is 26.3 Å². The normalized spacial score (nSPS) is 9.67. The van der Waals surface area contributed by atoms with Crippen LogP contribution in [0.3, 0.4) is 0 Å². The Labute approximate surface area is 104 Å². The molecule has 0 heterocycles. The van der Waals surface area contributed by atoms with Gasteiger partial charge in [-0.2, -0.15) is 0 Å². The van der Waals surface area contributed by atoms with E-state index < -0.39 is 24.4 Å². The standard InChI is InChI=1S/C12H13NO5/c1-7-3-8(11(16)13-6-10(14)15)5-9(4-7)12(17)18-2/h3-5H,6H2,1-2H3,(H,13,16)(H,14,15). The zero-order chi connectivity index (χ0) is 13.7. The number of benzene rings is 1. The van der Waals surface area contributed by atoms with Crippen molar-refractivity contribution in [3.05, 3.63) is 34.9 Å². The molecule has 0 saturated carbocycles. The first-order chi connectivity index (χ1) is 8.43. The highest BCUT2D eigenvalue weighted by Gasteiger charge is 2.12. The maximum atomic E-state index is 11.6. The molecule has 0 unspecified atom stereocenters. The van der Waals surface area contributed by atoms with Crippen LogP contribution < -0.4 is 5.32 Å². The van der Waals surface area contributed by atoms with E-state index in [0.717, 1.165) is 0 Å². The molecule has 0 fully saturated rings. The number of carbonyl (C=O) groups is 3. The van der Waals surface area contributed by atoms with Gasteiger partial charge in [-0.15, -0.1) is 0 Å². The first kappa shape index (κ1) is 13.7. The Bertz CT molecular complexity index is 495. The number of methoxy groups -OCH3 is 1. The summed E-state index contributed by atoms with van der Waals surface area (Å²) in [6, 6.07) is 4.50. The Morgan fingerprint density at radius 1 is 1.22 bits per heavy atom. The molecule has 0 aliphatic rings. The minimum absolute atomic E-state index is 0.219. The van der Waals surface area contributed by atoms with Crippen LogP contribution in [-0.4, -0.2) is 36.6 Å². The molecule has 0 aliphatic carbocycles. The van der Waals surface area contributed by atoms with Crippen LogP contribution in [-0.2, 0) is 9.53 Å². The molecule has 1 amide bonds. The number of hydrogen-bond donors (Lipinski definition) is 2. The highest BCUT2D eigenvalue weighted by Crippen LogP contribution is 2.11. The van der Waals surface area contributed by atoms with Crippen molar-refractivity contribution in [1.29, 1.82) is 0 Å². The number of carboxylic acid groups (broad SMARTS) is 1. The van der Waals surface area contributed by atoms with Crippen molar-refractivity contribution in [3.8, 4) is 0 Å². The van der Waals surface area contributed by atoms with Gasteiger partial charge in [0.05, 0.1) is 12.7 Å². The van der Waals surface area contributed by atoms with Crippen molar-refractivity contribution >= 4 is 17.8 Å². The van der Waals surface area contributed by atoms with Crippen molar-refractivity contribution in [2.75, 3.05) is 13.7 Å². The molecular weight excluding hydrogens is 238 g/mol. The van der Waals surface area contributed by atoms with E-state index in [0.29, 0.717) is 5.56 Å². The van der Waals surface area contributed by atoms with E-state index in [9.17, 15) is 14.4 Å². The van der Waals surface area contributed by atoms with E-state index in [2.05, 4.69) is 10.1 Å². The van der Waals surface area contributed by atoms with Crippen molar-refractivity contribution in [2.24, 2.45) is 0 Å². The molecule has 0 aliphatic heterocycles. The lowest BCUT2D eigenvalue weighted by molar-refractivity contribution is -0.135. The van der Waals surface area contributed by atoms with E-state index in [4.69, 9.17) is 5.11 Å². The fraction of sp³-hybridized carbons (Fsp3) is 0.250. The van der Waals surface area contributed by atoms with E-state index in [1.807, 2.05) is 0 Å². The third-order valence-corrected chi connectivity index (χ3v) is 2.16. The molecule has 0 atom stereocenters. The van der Waals surface area contributed by atoms with Crippen molar-refractivity contribution in [2.45, 2.75) is 6.92 Å². The highest BCUT2D eigenvalue weighted by atomic mass is 16.5. The summed E-state index contributed by atoms with van der Waals surface area (Å²) in [7, 11) is 1.24. The van der Waals surface area contributed by atoms with Gasteiger partial charge < -0.3 is 15.2 Å². The van der Waals surface area contributed by atoms with Crippen LogP contribution >= 0.6 is 0 Å². The van der Waals surface area contributed by atoms with Crippen molar-refractivity contribution < 1.29 is 24.2 Å². The Morgan fingerprint density at radius 2 is 1.83 bits per heavy atom. The molecule has 1 aromatic rings. The van der Waals surface area contributed by atoms with Gasteiger partial charge in [0.25, 0.3) is 5.91 Å². The Morgan fingerprint density at radius 3 is 2.39 bits per heavy atom. The molecule has 1 rings (SSSR count). The number of aliphatic carboxylic acids is 1. The molecule has 2 N–H and O–H groups in total. The maximum absolute atomic E-state index is 11.6. The molecule has 6 nitrogen and oxygen atoms in total. The van der Waals surface area contributed by atoms with Crippen LogP contribution in [0.5, 0.6) is 0 Å². The van der Waals surface area contributed by atoms with Gasteiger partial charge >= 0.3 is 11.9 Å². The highest BCUT2D eigenvalue weighted by molar-refractivity contribution is 5.99. The van der Waals surface area contributed by atoms with Crippen LogP contribution in [0.25, 0.3) is 0 Å². The van der Waals surface area contributed by atoms with Crippen molar-refractivity contribution in [1.82, 2.24) is 5.32 Å². The molecule has 0 spiro atoms. The van der Waals surface area contributed by atoms with E-state index >= 15 is 0 Å². The lowest BCUT2D eigenvalue weighted by atomic mass is 10.1. The largest absolute Gasteiger partial charge is 0.480 e. The summed E-state index contributed by atoms with van der Waals surface area (Å²) in [5.41, 5.74) is 1.17. The third-order valence-electron chi connectivity index (χ3n) is 2.16. The summed E-state index contributed by atoms with van der Waals surface area (Å²) in [6.07, 6.45) is 0. The second-order valence-corrected chi connectivity index (χ2v) is 3.66. The lowest BCUT2D eigenvalue weighted by Crippen LogP contribution is -2.29. The second-order valence-electron chi connectivity index (χ2n) is 3.66. The number of hydrogen-bond acceptors (Lipinski definition) is 4. The van der Waals surface area contributed by atoms with Gasteiger partial charge in [0.2, 0.25) is 0 Å². The summed E-state index contributed by atoms with van der Waals surface area (Å²) in [5, 5.41) is 10.7. The molecule has 0 bridgehead atoms. The van der Waals surface area contributed by atoms with Gasteiger partial charge in [0.15, 0.2) is 0 Å². The second kappa shape index (κ2) is 5.81. The maximum Gasteiger partial charge on any atom is 0.337 e. The number of carboxylic acids is 1. The molecule has 18 heavy (non-hydrogen) atoms. The SMILES string of the molecule is COC(=O)c1cc(C)cc(C(=O)NCC(=O)O)c1. The fourth-order valence-electron chi connectivity index (χ4n) is 1.41. The molecule has 0 radical (unpaired) electrons. The summed E-state index contributed by atoms with van der Waals surface area (Å²) in [6.45, 7) is 1.25. The number of aryl methyl sites for hydroxylation is 1. The van der Waals surface area contributed by atoms with E-state index in [-0.39, 0.29) is 11.1 Å². The summed E-state index contributed by atoms with van der Waals surface area (Å²) in [4.78, 5) is 33.3. The Kier molecular flexibility index (Phi) is 4.42. The number of nitrogens with one attached hydrogen (secondary N) is 1. The average molecular weight is 251 g/mol. The topological polar surface area (TPSA) is 92.7 Å². The zero-order valence-corrected chi connectivity index (χ0v) is 10.0. The summed E-state index contributed by atoms with van der Waals surface area (Å²) in [5.74, 6) is -2.23.